The number of carbonyl (C=O) groups excluding carboxylic acids is 1. The molecule has 28 heavy (non-hydrogen) atoms. The van der Waals surface area contributed by atoms with E-state index in [0.717, 1.165) is 9.64 Å². The third-order valence-corrected chi connectivity index (χ3v) is 4.99. The highest BCUT2D eigenvalue weighted by Crippen LogP contribution is 2.34. The summed E-state index contributed by atoms with van der Waals surface area (Å²) in [5.41, 5.74) is 0.859. The highest BCUT2D eigenvalue weighted by molar-refractivity contribution is 14.1. The molecule has 0 heterocycles. The number of hydrogen-bond acceptors (Lipinski definition) is 4. The number of carbonyl (C=O) groups is 1. The van der Waals surface area contributed by atoms with Crippen molar-refractivity contribution >= 4 is 63.1 Å². The average molecular weight is 545 g/mol. The maximum Gasteiger partial charge on any atom is 0.277 e. The molecule has 0 spiro atoms. The zero-order chi connectivity index (χ0) is 21.1. The van der Waals surface area contributed by atoms with Crippen LogP contribution in [-0.4, -0.2) is 23.2 Å². The van der Waals surface area contributed by atoms with Gasteiger partial charge in [-0.2, -0.15) is 0 Å². The number of benzene rings is 2. The third kappa shape index (κ3) is 5.66. The Morgan fingerprint density at radius 1 is 1.21 bits per heavy atom. The van der Waals surface area contributed by atoms with Gasteiger partial charge >= 0.3 is 0 Å². The number of aliphatic hydroxyl groups excluding tert-OH is 1. The monoisotopic (exact) mass is 544 g/mol. The fraction of sp³-hybridized carbons (Fsp3) is 0.278. The number of rotatable bonds is 7. The predicted molar refractivity (Wildman–Crippen MR) is 113 cm³/mol. The van der Waals surface area contributed by atoms with E-state index in [2.05, 4.69) is 10.8 Å². The Morgan fingerprint density at radius 2 is 1.89 bits per heavy atom. The second-order valence-corrected chi connectivity index (χ2v) is 8.48. The van der Waals surface area contributed by atoms with Crippen molar-refractivity contribution in [3.05, 3.63) is 55.1 Å². The van der Waals surface area contributed by atoms with E-state index < -0.39 is 33.9 Å². The first kappa shape index (κ1) is 23.1. The lowest BCUT2D eigenvalue weighted by Crippen LogP contribution is -2.36. The summed E-state index contributed by atoms with van der Waals surface area (Å²) in [6, 6.07) is 5.88. The molecule has 5 nitrogen and oxygen atoms in total. The smallest absolute Gasteiger partial charge is 0.277 e. The van der Waals surface area contributed by atoms with Gasteiger partial charge in [-0.05, 0) is 60.7 Å². The summed E-state index contributed by atoms with van der Waals surface area (Å²) in [6.45, 7) is 3.14. The molecule has 2 aromatic rings. The van der Waals surface area contributed by atoms with Crippen molar-refractivity contribution in [2.24, 2.45) is 0 Å². The molecule has 2 aromatic carbocycles. The minimum absolute atomic E-state index is 0.155. The molecule has 0 unspecified atom stereocenters. The van der Waals surface area contributed by atoms with Crippen LogP contribution < -0.4 is 10.8 Å². The van der Waals surface area contributed by atoms with Crippen LogP contribution in [0.5, 0.6) is 0 Å². The van der Waals surface area contributed by atoms with Gasteiger partial charge in [0.15, 0.2) is 11.6 Å². The summed E-state index contributed by atoms with van der Waals surface area (Å²) in [5.74, 6) is -3.48. The molecule has 0 aliphatic rings. The van der Waals surface area contributed by atoms with Gasteiger partial charge in [0.2, 0.25) is 0 Å². The van der Waals surface area contributed by atoms with Crippen molar-refractivity contribution in [1.29, 1.82) is 0 Å². The lowest BCUT2D eigenvalue weighted by atomic mass is 10.1. The van der Waals surface area contributed by atoms with E-state index in [-0.39, 0.29) is 29.3 Å². The maximum atomic E-state index is 14.6. The van der Waals surface area contributed by atoms with Crippen LogP contribution in [0.3, 0.4) is 0 Å². The molecule has 0 fully saturated rings. The number of anilines is 2. The number of aliphatic hydroxyl groups is 1. The second kappa shape index (κ2) is 9.53. The molecule has 10 heteroatoms. The average Bonchev–Trinajstić information content (AvgIpc) is 2.61. The molecule has 0 aromatic heterocycles. The topological polar surface area (TPSA) is 70.6 Å². The van der Waals surface area contributed by atoms with Crippen molar-refractivity contribution in [2.75, 3.05) is 11.9 Å². The molecule has 3 N–H and O–H groups in total. The van der Waals surface area contributed by atoms with Crippen LogP contribution in [0, 0.1) is 15.2 Å². The predicted octanol–water partition coefficient (Wildman–Crippen LogP) is 5.44. The molecular weight excluding hydrogens is 528 g/mol. The molecule has 0 saturated carbocycles. The van der Waals surface area contributed by atoms with Crippen molar-refractivity contribution in [2.45, 2.75) is 25.9 Å². The highest BCUT2D eigenvalue weighted by atomic mass is 127. The summed E-state index contributed by atoms with van der Waals surface area (Å²) in [4.78, 5) is 17.8. The number of hydrogen-bond donors (Lipinski definition) is 3. The van der Waals surface area contributed by atoms with E-state index in [0.29, 0.717) is 0 Å². The quantitative estimate of drug-likeness (QED) is 0.246. The number of halogens is 5. The van der Waals surface area contributed by atoms with E-state index in [9.17, 15) is 13.6 Å². The number of nitrogens with one attached hydrogen (secondary N) is 2. The first-order chi connectivity index (χ1) is 13.1. The molecule has 0 radical (unpaired) electrons. The van der Waals surface area contributed by atoms with Crippen LogP contribution in [-0.2, 0) is 4.84 Å². The van der Waals surface area contributed by atoms with E-state index in [4.69, 9.17) is 33.1 Å². The molecular formula is C18H17Cl2F2IN2O3. The van der Waals surface area contributed by atoms with Gasteiger partial charge in [0, 0.05) is 16.6 Å². The minimum atomic E-state index is -1.33. The third-order valence-electron chi connectivity index (χ3n) is 3.73. The van der Waals surface area contributed by atoms with Gasteiger partial charge in [0.25, 0.3) is 5.91 Å². The zero-order valence-electron chi connectivity index (χ0n) is 14.9. The minimum Gasteiger partial charge on any atom is -0.396 e. The molecule has 0 aliphatic carbocycles. The molecule has 152 valence electrons. The van der Waals surface area contributed by atoms with E-state index in [1.54, 1.807) is 32.0 Å². The van der Waals surface area contributed by atoms with Crippen LogP contribution >= 0.6 is 45.8 Å². The lowest BCUT2D eigenvalue weighted by Gasteiger charge is -2.24. The largest absolute Gasteiger partial charge is 0.396 e. The first-order valence-corrected chi connectivity index (χ1v) is 9.88. The van der Waals surface area contributed by atoms with E-state index in [1.165, 1.54) is 0 Å². The van der Waals surface area contributed by atoms with Crippen molar-refractivity contribution in [3.63, 3.8) is 0 Å². The Balaban J connectivity index is 2.39. The van der Waals surface area contributed by atoms with Gasteiger partial charge in [-0.15, -0.1) is 0 Å². The van der Waals surface area contributed by atoms with Crippen LogP contribution in [0.2, 0.25) is 10.0 Å². The second-order valence-electron chi connectivity index (χ2n) is 6.42. The van der Waals surface area contributed by atoms with Gasteiger partial charge in [-0.1, -0.05) is 23.2 Å². The Bertz CT molecular complexity index is 898. The first-order valence-electron chi connectivity index (χ1n) is 8.04. The van der Waals surface area contributed by atoms with Crippen LogP contribution in [0.4, 0.5) is 20.2 Å². The van der Waals surface area contributed by atoms with Gasteiger partial charge in [-0.3, -0.25) is 9.63 Å². The molecule has 0 saturated heterocycles. The van der Waals surface area contributed by atoms with Gasteiger partial charge in [0.05, 0.1) is 32.6 Å². The summed E-state index contributed by atoms with van der Waals surface area (Å²) in [6.07, 6.45) is 0.245. The molecule has 0 bridgehead atoms. The summed E-state index contributed by atoms with van der Waals surface area (Å²) >= 11 is 13.9. The SMILES string of the molecule is CC(C)(CCO)ONC(=O)c1cc(Cl)c(F)c(F)c1Nc1ccc(I)cc1Cl. The van der Waals surface area contributed by atoms with Crippen molar-refractivity contribution in [3.8, 4) is 0 Å². The van der Waals surface area contributed by atoms with Gasteiger partial charge in [-0.25, -0.2) is 14.3 Å². The summed E-state index contributed by atoms with van der Waals surface area (Å²) in [7, 11) is 0. The Hall–Kier alpha value is -1.20. The molecule has 0 aliphatic heterocycles. The highest BCUT2D eigenvalue weighted by Gasteiger charge is 2.25. The van der Waals surface area contributed by atoms with Crippen molar-refractivity contribution in [1.82, 2.24) is 5.48 Å². The van der Waals surface area contributed by atoms with Crippen LogP contribution in [0.15, 0.2) is 24.3 Å². The van der Waals surface area contributed by atoms with Crippen LogP contribution in [0.1, 0.15) is 30.6 Å². The molecule has 1 amide bonds. The number of amides is 1. The molecule has 0 atom stereocenters. The fourth-order valence-electron chi connectivity index (χ4n) is 2.18. The van der Waals surface area contributed by atoms with Crippen molar-refractivity contribution < 1.29 is 23.5 Å². The van der Waals surface area contributed by atoms with Gasteiger partial charge < -0.3 is 10.4 Å². The van der Waals surface area contributed by atoms with Crippen LogP contribution in [0.25, 0.3) is 0 Å². The standard InChI is InChI=1S/C18H17Cl2F2IN2O3/c1-18(2,5-6-26)28-25-17(27)10-8-12(20)14(21)15(22)16(10)24-13-4-3-9(23)7-11(13)19/h3-4,7-8,24,26H,5-6H2,1-2H3,(H,25,27). The summed E-state index contributed by atoms with van der Waals surface area (Å²) < 4.78 is 29.4. The Labute approximate surface area is 184 Å². The maximum absolute atomic E-state index is 14.6. The Morgan fingerprint density at radius 3 is 2.50 bits per heavy atom. The van der Waals surface area contributed by atoms with Gasteiger partial charge in [0.1, 0.15) is 0 Å². The molecule has 2 rings (SSSR count). The summed E-state index contributed by atoms with van der Waals surface area (Å²) in [5, 5.41) is 11.4. The zero-order valence-corrected chi connectivity index (χ0v) is 18.5. The lowest BCUT2D eigenvalue weighted by molar-refractivity contribution is -0.0805. The Kier molecular flexibility index (Phi) is 7.86. The fourth-order valence-corrected chi connectivity index (χ4v) is 3.28. The number of hydroxylamine groups is 1. The van der Waals surface area contributed by atoms with E-state index in [1.807, 2.05) is 22.6 Å². The normalized spacial score (nSPS) is 11.4. The van der Waals surface area contributed by atoms with E-state index >= 15 is 0 Å².